The van der Waals surface area contributed by atoms with Gasteiger partial charge in [-0.25, -0.2) is 9.78 Å². The van der Waals surface area contributed by atoms with Crippen LogP contribution in [0.25, 0.3) is 0 Å². The first-order chi connectivity index (χ1) is 5.01. The third kappa shape index (κ3) is 2.43. The molecule has 1 saturated heterocycles. The van der Waals surface area contributed by atoms with Crippen molar-refractivity contribution < 1.29 is 14.5 Å². The number of rotatable bonds is 1. The normalized spacial score (nSPS) is 30.8. The van der Waals surface area contributed by atoms with Gasteiger partial charge in [-0.1, -0.05) is 13.8 Å². The summed E-state index contributed by atoms with van der Waals surface area (Å²) < 4.78 is 5.41. The van der Waals surface area contributed by atoms with Gasteiger partial charge in [0.25, 0.3) is 0 Å². The molecule has 3 heteroatoms. The maximum Gasteiger partial charge on any atom is 0.193 e. The Morgan fingerprint density at radius 2 is 2.00 bits per heavy atom. The second-order valence-corrected chi connectivity index (χ2v) is 3.86. The summed E-state index contributed by atoms with van der Waals surface area (Å²) in [5, 5.41) is 0. The van der Waals surface area contributed by atoms with Gasteiger partial charge in [-0.05, 0) is 13.8 Å². The molecule has 0 radical (unpaired) electrons. The van der Waals surface area contributed by atoms with Crippen LogP contribution in [-0.4, -0.2) is 18.5 Å². The highest BCUT2D eigenvalue weighted by Gasteiger charge is 2.31. The molecule has 1 rings (SSSR count). The van der Waals surface area contributed by atoms with Crippen molar-refractivity contribution in [3.63, 3.8) is 0 Å². The summed E-state index contributed by atoms with van der Waals surface area (Å²) >= 11 is 0. The van der Waals surface area contributed by atoms with Gasteiger partial charge in [0.1, 0.15) is 5.60 Å². The first-order valence-electron chi connectivity index (χ1n) is 3.97. The zero-order valence-electron chi connectivity index (χ0n) is 7.59. The fourth-order valence-corrected chi connectivity index (χ4v) is 0.816. The minimum atomic E-state index is -0.300. The predicted molar refractivity (Wildman–Crippen MR) is 40.8 cm³/mol. The van der Waals surface area contributed by atoms with Crippen LogP contribution in [0.4, 0.5) is 0 Å². The molecular formula is C8H16O3. The van der Waals surface area contributed by atoms with Crippen LogP contribution in [0.3, 0.4) is 0 Å². The Balaban J connectivity index is 2.36. The van der Waals surface area contributed by atoms with Gasteiger partial charge < -0.3 is 4.74 Å². The molecule has 0 aliphatic carbocycles. The Bertz CT molecular complexity index is 121. The maximum atomic E-state index is 5.41. The fourth-order valence-electron chi connectivity index (χ4n) is 0.816. The van der Waals surface area contributed by atoms with Crippen molar-refractivity contribution in [3.8, 4) is 0 Å². The van der Waals surface area contributed by atoms with E-state index in [2.05, 4.69) is 0 Å². The summed E-state index contributed by atoms with van der Waals surface area (Å²) in [6.45, 7) is 8.53. The average molecular weight is 160 g/mol. The minimum Gasteiger partial charge on any atom is -0.346 e. The molecule has 0 aromatic rings. The van der Waals surface area contributed by atoms with E-state index in [9.17, 15) is 0 Å². The summed E-state index contributed by atoms with van der Waals surface area (Å²) in [5.74, 6) is 0.339. The Hall–Kier alpha value is -0.120. The van der Waals surface area contributed by atoms with E-state index >= 15 is 0 Å². The maximum absolute atomic E-state index is 5.41. The summed E-state index contributed by atoms with van der Waals surface area (Å²) in [6.07, 6.45) is -0.206. The van der Waals surface area contributed by atoms with Crippen molar-refractivity contribution in [2.75, 3.05) is 6.61 Å². The highest BCUT2D eigenvalue weighted by molar-refractivity contribution is 4.68. The average Bonchev–Trinajstić information content (AvgIpc) is 1.86. The van der Waals surface area contributed by atoms with Crippen LogP contribution in [0.1, 0.15) is 27.7 Å². The lowest BCUT2D eigenvalue weighted by Gasteiger charge is -2.34. The zero-order valence-corrected chi connectivity index (χ0v) is 7.59. The van der Waals surface area contributed by atoms with Crippen molar-refractivity contribution in [1.82, 2.24) is 0 Å². The molecule has 3 nitrogen and oxygen atoms in total. The van der Waals surface area contributed by atoms with Crippen LogP contribution in [0.2, 0.25) is 0 Å². The lowest BCUT2D eigenvalue weighted by molar-refractivity contribution is -0.471. The minimum absolute atomic E-state index is 0.206. The van der Waals surface area contributed by atoms with Crippen LogP contribution in [0, 0.1) is 5.92 Å². The molecule has 1 atom stereocenters. The van der Waals surface area contributed by atoms with E-state index in [1.54, 1.807) is 0 Å². The fraction of sp³-hybridized carbons (Fsp3) is 1.00. The molecule has 1 unspecified atom stereocenters. The van der Waals surface area contributed by atoms with Crippen LogP contribution < -0.4 is 0 Å². The van der Waals surface area contributed by atoms with Crippen LogP contribution in [0.15, 0.2) is 0 Å². The molecule has 0 amide bonds. The van der Waals surface area contributed by atoms with Gasteiger partial charge in [0.05, 0.1) is 6.61 Å². The molecule has 0 N–H and O–H groups in total. The van der Waals surface area contributed by atoms with E-state index < -0.39 is 0 Å². The molecule has 0 aromatic carbocycles. The van der Waals surface area contributed by atoms with Gasteiger partial charge in [-0.2, -0.15) is 0 Å². The van der Waals surface area contributed by atoms with Crippen molar-refractivity contribution in [2.45, 2.75) is 39.6 Å². The quantitative estimate of drug-likeness (QED) is 0.547. The van der Waals surface area contributed by atoms with Crippen molar-refractivity contribution in [1.29, 1.82) is 0 Å². The molecule has 1 heterocycles. The third-order valence-electron chi connectivity index (χ3n) is 1.51. The highest BCUT2D eigenvalue weighted by atomic mass is 17.2. The molecule has 66 valence electrons. The molecule has 1 fully saturated rings. The van der Waals surface area contributed by atoms with Crippen molar-refractivity contribution in [3.05, 3.63) is 0 Å². The summed E-state index contributed by atoms with van der Waals surface area (Å²) in [7, 11) is 0. The van der Waals surface area contributed by atoms with Gasteiger partial charge in [0, 0.05) is 5.92 Å². The van der Waals surface area contributed by atoms with E-state index in [-0.39, 0.29) is 11.9 Å². The topological polar surface area (TPSA) is 27.7 Å². The van der Waals surface area contributed by atoms with E-state index in [1.807, 2.05) is 27.7 Å². The Labute approximate surface area is 67.6 Å². The monoisotopic (exact) mass is 160 g/mol. The standard InChI is InChI=1S/C8H16O3/c1-6(2)7-9-5-8(3,4)11-10-7/h6-7H,5H2,1-4H3. The molecule has 1 aliphatic heterocycles. The van der Waals surface area contributed by atoms with Crippen molar-refractivity contribution >= 4 is 0 Å². The molecule has 1 aliphatic rings. The lowest BCUT2D eigenvalue weighted by Crippen LogP contribution is -2.42. The van der Waals surface area contributed by atoms with Gasteiger partial charge in [-0.3, -0.25) is 0 Å². The Kier molecular flexibility index (Phi) is 2.52. The molecular weight excluding hydrogens is 144 g/mol. The summed E-state index contributed by atoms with van der Waals surface area (Å²) in [4.78, 5) is 10.1. The molecule has 0 spiro atoms. The smallest absolute Gasteiger partial charge is 0.193 e. The SMILES string of the molecule is CC(C)C1OCC(C)(C)OO1. The third-order valence-corrected chi connectivity index (χ3v) is 1.51. The van der Waals surface area contributed by atoms with Crippen LogP contribution >= 0.6 is 0 Å². The van der Waals surface area contributed by atoms with E-state index in [1.165, 1.54) is 0 Å². The van der Waals surface area contributed by atoms with Crippen LogP contribution in [-0.2, 0) is 14.5 Å². The van der Waals surface area contributed by atoms with E-state index in [4.69, 9.17) is 14.5 Å². The van der Waals surface area contributed by atoms with E-state index in [0.717, 1.165) is 0 Å². The van der Waals surface area contributed by atoms with Crippen LogP contribution in [0.5, 0.6) is 0 Å². The Morgan fingerprint density at radius 1 is 1.36 bits per heavy atom. The van der Waals surface area contributed by atoms with Gasteiger partial charge >= 0.3 is 0 Å². The van der Waals surface area contributed by atoms with E-state index in [0.29, 0.717) is 12.5 Å². The largest absolute Gasteiger partial charge is 0.346 e. The Morgan fingerprint density at radius 3 is 2.36 bits per heavy atom. The summed E-state index contributed by atoms with van der Waals surface area (Å²) in [5.41, 5.74) is -0.300. The highest BCUT2D eigenvalue weighted by Crippen LogP contribution is 2.22. The molecule has 0 saturated carbocycles. The molecule has 0 bridgehead atoms. The second kappa shape index (κ2) is 3.09. The van der Waals surface area contributed by atoms with Gasteiger partial charge in [0.15, 0.2) is 6.29 Å². The van der Waals surface area contributed by atoms with Crippen molar-refractivity contribution in [2.24, 2.45) is 5.92 Å². The number of hydrogen-bond acceptors (Lipinski definition) is 3. The molecule has 11 heavy (non-hydrogen) atoms. The lowest BCUT2D eigenvalue weighted by atomic mass is 10.1. The second-order valence-electron chi connectivity index (χ2n) is 3.86. The molecule has 0 aromatic heterocycles. The first kappa shape index (κ1) is 8.97. The summed E-state index contributed by atoms with van der Waals surface area (Å²) in [6, 6.07) is 0. The predicted octanol–water partition coefficient (Wildman–Crippen LogP) is 1.73. The first-order valence-corrected chi connectivity index (χ1v) is 3.97. The zero-order chi connectivity index (χ0) is 8.48. The number of ether oxygens (including phenoxy) is 1. The van der Waals surface area contributed by atoms with Gasteiger partial charge in [-0.15, -0.1) is 0 Å². The van der Waals surface area contributed by atoms with Gasteiger partial charge in [0.2, 0.25) is 0 Å². The number of hydrogen-bond donors (Lipinski definition) is 0.